The van der Waals surface area contributed by atoms with E-state index in [2.05, 4.69) is 72.8 Å². The number of nitrogens with one attached hydrogen (secondary N) is 2. The molecule has 0 fully saturated rings. The Balaban J connectivity index is 1.30. The van der Waals surface area contributed by atoms with Crippen molar-refractivity contribution in [2.24, 2.45) is 0 Å². The number of benzene rings is 3. The first kappa shape index (κ1) is 28.1. The Morgan fingerprint density at radius 3 is 2.44 bits per heavy atom. The van der Waals surface area contributed by atoms with Gasteiger partial charge in [0.25, 0.3) is 5.91 Å². The lowest BCUT2D eigenvalue weighted by Crippen LogP contribution is -2.38. The Bertz CT molecular complexity index is 1620. The lowest BCUT2D eigenvalue weighted by molar-refractivity contribution is 0.0720. The van der Waals surface area contributed by atoms with E-state index in [4.69, 9.17) is 4.74 Å². The summed E-state index contributed by atoms with van der Waals surface area (Å²) in [5.74, 6) is 1.24. The molecule has 2 aromatic heterocycles. The number of ether oxygens (including phenoxy) is 1. The van der Waals surface area contributed by atoms with Crippen molar-refractivity contribution in [2.75, 3.05) is 38.6 Å². The number of aromatic nitrogens is 4. The summed E-state index contributed by atoms with van der Waals surface area (Å²) in [6.07, 6.45) is 4.29. The molecule has 6 rings (SSSR count). The van der Waals surface area contributed by atoms with Crippen LogP contribution in [0, 0.1) is 0 Å². The van der Waals surface area contributed by atoms with E-state index < -0.39 is 0 Å². The number of hydrogen-bond acceptors (Lipinski definition) is 7. The number of nitrogens with zero attached hydrogens (tertiary/aromatic N) is 5. The summed E-state index contributed by atoms with van der Waals surface area (Å²) < 4.78 is 5.24. The summed E-state index contributed by atoms with van der Waals surface area (Å²) in [5.41, 5.74) is 6.93. The van der Waals surface area contributed by atoms with Gasteiger partial charge in [0.2, 0.25) is 5.88 Å². The molecule has 0 bridgehead atoms. The van der Waals surface area contributed by atoms with Crippen molar-refractivity contribution in [3.63, 3.8) is 0 Å². The van der Waals surface area contributed by atoms with Gasteiger partial charge in [-0.05, 0) is 53.4 Å². The number of pyridine rings is 1. The topological polar surface area (TPSA) is 99.3 Å². The first-order valence-corrected chi connectivity index (χ1v) is 14.5. The molecule has 0 aliphatic carbocycles. The molecule has 0 atom stereocenters. The highest BCUT2D eigenvalue weighted by atomic mass is 16.5. The fraction of sp³-hybridized carbons (Fsp3) is 0.235. The van der Waals surface area contributed by atoms with Crippen molar-refractivity contribution in [3.8, 4) is 28.4 Å². The first-order chi connectivity index (χ1) is 21.2. The summed E-state index contributed by atoms with van der Waals surface area (Å²) >= 11 is 0. The number of anilines is 1. The predicted octanol–water partition coefficient (Wildman–Crippen LogP) is 5.50. The lowest BCUT2D eigenvalue weighted by atomic mass is 10.0. The fourth-order valence-corrected chi connectivity index (χ4v) is 5.40. The molecule has 9 heteroatoms. The minimum Gasteiger partial charge on any atom is -0.481 e. The second-order valence-corrected chi connectivity index (χ2v) is 10.6. The molecular weight excluding hydrogens is 538 g/mol. The third kappa shape index (κ3) is 6.90. The molecule has 5 aromatic rings. The van der Waals surface area contributed by atoms with E-state index in [9.17, 15) is 4.79 Å². The van der Waals surface area contributed by atoms with Crippen LogP contribution in [0.25, 0.3) is 22.5 Å². The van der Waals surface area contributed by atoms with E-state index in [1.165, 1.54) is 11.9 Å². The van der Waals surface area contributed by atoms with Crippen LogP contribution < -0.4 is 10.1 Å². The van der Waals surface area contributed by atoms with Gasteiger partial charge in [-0.2, -0.15) is 5.10 Å². The summed E-state index contributed by atoms with van der Waals surface area (Å²) in [4.78, 5) is 27.1. The predicted molar refractivity (Wildman–Crippen MR) is 168 cm³/mol. The maximum Gasteiger partial charge on any atom is 0.254 e. The van der Waals surface area contributed by atoms with E-state index in [0.717, 1.165) is 60.5 Å². The van der Waals surface area contributed by atoms with Crippen LogP contribution >= 0.6 is 0 Å². The molecule has 3 aromatic carbocycles. The number of amides is 1. The number of methoxy groups -OCH3 is 1. The average molecular weight is 574 g/mol. The molecule has 1 aliphatic rings. The average Bonchev–Trinajstić information content (AvgIpc) is 3.59. The zero-order valence-corrected chi connectivity index (χ0v) is 24.2. The minimum atomic E-state index is -0.00880. The summed E-state index contributed by atoms with van der Waals surface area (Å²) in [5, 5.41) is 10.5. The summed E-state index contributed by atoms with van der Waals surface area (Å²) in [6.45, 7) is 4.47. The Hall–Kier alpha value is -5.02. The van der Waals surface area contributed by atoms with Gasteiger partial charge in [0.1, 0.15) is 6.33 Å². The molecule has 0 spiro atoms. The first-order valence-electron chi connectivity index (χ1n) is 14.5. The van der Waals surface area contributed by atoms with E-state index in [-0.39, 0.29) is 5.91 Å². The number of rotatable bonds is 6. The SMILES string of the molecule is COc1ccc(-c2ccc3c(c2)CN(C(=O)c2ccc(-c4ncn[nH]4)cc2)CCN(Cc2ccccc2)CCCN3)cn1. The maximum absolute atomic E-state index is 14.1. The van der Waals surface area contributed by atoms with Crippen molar-refractivity contribution < 1.29 is 9.53 Å². The Kier molecular flexibility index (Phi) is 8.70. The lowest BCUT2D eigenvalue weighted by Gasteiger charge is -2.28. The Labute approximate surface area is 251 Å². The van der Waals surface area contributed by atoms with Crippen LogP contribution in [0.1, 0.15) is 27.9 Å². The largest absolute Gasteiger partial charge is 0.481 e. The Morgan fingerprint density at radius 1 is 0.884 bits per heavy atom. The summed E-state index contributed by atoms with van der Waals surface area (Å²) in [7, 11) is 1.61. The van der Waals surface area contributed by atoms with Gasteiger partial charge in [-0.1, -0.05) is 48.5 Å². The van der Waals surface area contributed by atoms with Crippen LogP contribution in [0.3, 0.4) is 0 Å². The minimum absolute atomic E-state index is 0.00880. The highest BCUT2D eigenvalue weighted by Gasteiger charge is 2.21. The highest BCUT2D eigenvalue weighted by molar-refractivity contribution is 5.94. The fourth-order valence-electron chi connectivity index (χ4n) is 5.40. The van der Waals surface area contributed by atoms with Crippen LogP contribution in [0.15, 0.2) is 97.5 Å². The van der Waals surface area contributed by atoms with E-state index in [1.807, 2.05) is 53.6 Å². The molecule has 0 saturated heterocycles. The van der Waals surface area contributed by atoms with Crippen molar-refractivity contribution >= 4 is 11.6 Å². The van der Waals surface area contributed by atoms with Crippen molar-refractivity contribution in [1.82, 2.24) is 30.0 Å². The number of fused-ring (bicyclic) bond motifs is 1. The van der Waals surface area contributed by atoms with Crippen molar-refractivity contribution in [3.05, 3.63) is 114 Å². The molecule has 43 heavy (non-hydrogen) atoms. The van der Waals surface area contributed by atoms with E-state index in [1.54, 1.807) is 7.11 Å². The molecular formula is C34H35N7O2. The molecule has 1 amide bonds. The second-order valence-electron chi connectivity index (χ2n) is 10.6. The van der Waals surface area contributed by atoms with Gasteiger partial charge in [0.05, 0.1) is 7.11 Å². The number of H-pyrrole nitrogens is 1. The van der Waals surface area contributed by atoms with Gasteiger partial charge in [-0.15, -0.1) is 0 Å². The third-order valence-electron chi connectivity index (χ3n) is 7.75. The number of hydrogen-bond donors (Lipinski definition) is 2. The molecule has 0 unspecified atom stereocenters. The van der Waals surface area contributed by atoms with Crippen molar-refractivity contribution in [2.45, 2.75) is 19.5 Å². The molecule has 1 aliphatic heterocycles. The van der Waals surface area contributed by atoms with Crippen molar-refractivity contribution in [1.29, 1.82) is 0 Å². The second kappa shape index (κ2) is 13.3. The van der Waals surface area contributed by atoms with Gasteiger partial charge in [0, 0.05) is 73.9 Å². The van der Waals surface area contributed by atoms with E-state index >= 15 is 0 Å². The Morgan fingerprint density at radius 2 is 1.70 bits per heavy atom. The van der Waals surface area contributed by atoms with Gasteiger partial charge in [0.15, 0.2) is 5.82 Å². The summed E-state index contributed by atoms with van der Waals surface area (Å²) in [6, 6.07) is 28.3. The molecule has 3 heterocycles. The number of aromatic amines is 1. The quantitative estimate of drug-likeness (QED) is 0.277. The molecule has 2 N–H and O–H groups in total. The van der Waals surface area contributed by atoms with Crippen LogP contribution in [0.4, 0.5) is 5.69 Å². The van der Waals surface area contributed by atoms with Crippen LogP contribution in [-0.2, 0) is 13.1 Å². The zero-order chi connectivity index (χ0) is 29.4. The zero-order valence-electron chi connectivity index (χ0n) is 24.2. The van der Waals surface area contributed by atoms with Crippen LogP contribution in [-0.4, -0.2) is 69.2 Å². The normalized spacial score (nSPS) is 14.3. The smallest absolute Gasteiger partial charge is 0.254 e. The molecule has 218 valence electrons. The molecule has 9 nitrogen and oxygen atoms in total. The monoisotopic (exact) mass is 573 g/mol. The number of carbonyl (C=O) groups is 1. The molecule has 0 radical (unpaired) electrons. The van der Waals surface area contributed by atoms with Crippen LogP contribution in [0.2, 0.25) is 0 Å². The standard InChI is InChI=1S/C34H35N7O2/c1-43-32-15-13-29(21-36-32)28-12-14-31-30(20-28)23-41(34(42)27-10-8-26(9-11-27)33-37-24-38-39-33)19-18-40(17-5-16-35-31)22-25-6-3-2-4-7-25/h2-4,6-15,20-21,24,35H,5,16-19,22-23H2,1H3,(H,37,38,39). The van der Waals surface area contributed by atoms with Gasteiger partial charge in [-0.25, -0.2) is 9.97 Å². The van der Waals surface area contributed by atoms with E-state index in [0.29, 0.717) is 30.4 Å². The van der Waals surface area contributed by atoms with Gasteiger partial charge in [-0.3, -0.25) is 14.8 Å². The molecule has 0 saturated carbocycles. The van der Waals surface area contributed by atoms with Gasteiger partial charge >= 0.3 is 0 Å². The number of carbonyl (C=O) groups excluding carboxylic acids is 1. The van der Waals surface area contributed by atoms with Crippen LogP contribution in [0.5, 0.6) is 5.88 Å². The highest BCUT2D eigenvalue weighted by Crippen LogP contribution is 2.28. The third-order valence-corrected chi connectivity index (χ3v) is 7.75. The maximum atomic E-state index is 14.1. The van der Waals surface area contributed by atoms with Gasteiger partial charge < -0.3 is 15.0 Å².